The average molecular weight is 227 g/mol. The SMILES string of the molecule is CC(N)CC(=O)NC1CCC(C(N)=O)CC1. The molecule has 5 N–H and O–H groups in total. The van der Waals surface area contributed by atoms with E-state index in [-0.39, 0.29) is 29.8 Å². The molecule has 0 spiro atoms. The van der Waals surface area contributed by atoms with Crippen molar-refractivity contribution in [2.75, 3.05) is 0 Å². The van der Waals surface area contributed by atoms with Crippen molar-refractivity contribution in [3.63, 3.8) is 0 Å². The molecule has 0 aliphatic heterocycles. The number of primary amides is 1. The van der Waals surface area contributed by atoms with Crippen molar-refractivity contribution in [3.8, 4) is 0 Å². The van der Waals surface area contributed by atoms with E-state index in [1.54, 1.807) is 0 Å². The lowest BCUT2D eigenvalue weighted by molar-refractivity contribution is -0.123. The first-order valence-electron chi connectivity index (χ1n) is 5.83. The van der Waals surface area contributed by atoms with Crippen molar-refractivity contribution in [2.24, 2.45) is 17.4 Å². The van der Waals surface area contributed by atoms with Gasteiger partial charge in [0.15, 0.2) is 0 Å². The van der Waals surface area contributed by atoms with Gasteiger partial charge in [-0.1, -0.05) is 0 Å². The van der Waals surface area contributed by atoms with E-state index in [9.17, 15) is 9.59 Å². The summed E-state index contributed by atoms with van der Waals surface area (Å²) in [5.41, 5.74) is 10.8. The molecule has 1 rings (SSSR count). The minimum Gasteiger partial charge on any atom is -0.369 e. The van der Waals surface area contributed by atoms with E-state index in [2.05, 4.69) is 5.32 Å². The van der Waals surface area contributed by atoms with Gasteiger partial charge in [0.25, 0.3) is 0 Å². The van der Waals surface area contributed by atoms with Crippen LogP contribution in [0, 0.1) is 5.92 Å². The molecule has 1 aliphatic carbocycles. The normalized spacial score (nSPS) is 27.1. The number of hydrogen-bond donors (Lipinski definition) is 3. The first-order valence-corrected chi connectivity index (χ1v) is 5.83. The Morgan fingerprint density at radius 2 is 1.88 bits per heavy atom. The standard InChI is InChI=1S/C11H21N3O2/c1-7(12)6-10(15)14-9-4-2-8(3-5-9)11(13)16/h7-9H,2-6,12H2,1H3,(H2,13,16)(H,14,15). The predicted octanol–water partition coefficient (Wildman–Crippen LogP) is -0.116. The third-order valence-electron chi connectivity index (χ3n) is 3.00. The van der Waals surface area contributed by atoms with Crippen LogP contribution in [0.2, 0.25) is 0 Å². The number of amides is 2. The van der Waals surface area contributed by atoms with E-state index in [1.807, 2.05) is 6.92 Å². The van der Waals surface area contributed by atoms with Crippen molar-refractivity contribution in [1.29, 1.82) is 0 Å². The summed E-state index contributed by atoms with van der Waals surface area (Å²) in [6.45, 7) is 1.81. The molecule has 0 aromatic rings. The van der Waals surface area contributed by atoms with Crippen molar-refractivity contribution < 1.29 is 9.59 Å². The molecule has 0 aromatic carbocycles. The second-order valence-corrected chi connectivity index (χ2v) is 4.70. The van der Waals surface area contributed by atoms with Gasteiger partial charge in [0.05, 0.1) is 0 Å². The number of carbonyl (C=O) groups excluding carboxylic acids is 2. The number of nitrogens with two attached hydrogens (primary N) is 2. The zero-order chi connectivity index (χ0) is 12.1. The Morgan fingerprint density at radius 3 is 2.31 bits per heavy atom. The van der Waals surface area contributed by atoms with Gasteiger partial charge in [0.2, 0.25) is 11.8 Å². The van der Waals surface area contributed by atoms with Crippen LogP contribution in [-0.4, -0.2) is 23.9 Å². The fourth-order valence-electron chi connectivity index (χ4n) is 2.10. The highest BCUT2D eigenvalue weighted by Crippen LogP contribution is 2.23. The van der Waals surface area contributed by atoms with Crippen LogP contribution in [0.1, 0.15) is 39.0 Å². The highest BCUT2D eigenvalue weighted by Gasteiger charge is 2.25. The molecular weight excluding hydrogens is 206 g/mol. The molecular formula is C11H21N3O2. The van der Waals surface area contributed by atoms with E-state index >= 15 is 0 Å². The van der Waals surface area contributed by atoms with Gasteiger partial charge >= 0.3 is 0 Å². The van der Waals surface area contributed by atoms with Crippen LogP contribution >= 0.6 is 0 Å². The van der Waals surface area contributed by atoms with E-state index in [0.717, 1.165) is 25.7 Å². The molecule has 0 aromatic heterocycles. The lowest BCUT2D eigenvalue weighted by atomic mass is 9.85. The maximum absolute atomic E-state index is 11.5. The summed E-state index contributed by atoms with van der Waals surface area (Å²) in [7, 11) is 0. The molecule has 0 bridgehead atoms. The van der Waals surface area contributed by atoms with Gasteiger partial charge in [0, 0.05) is 24.4 Å². The highest BCUT2D eigenvalue weighted by molar-refractivity contribution is 5.77. The maximum Gasteiger partial charge on any atom is 0.221 e. The summed E-state index contributed by atoms with van der Waals surface area (Å²) in [6, 6.07) is 0.0730. The molecule has 2 amide bonds. The van der Waals surface area contributed by atoms with Gasteiger partial charge in [-0.3, -0.25) is 9.59 Å². The van der Waals surface area contributed by atoms with Crippen LogP contribution in [0.15, 0.2) is 0 Å². The van der Waals surface area contributed by atoms with E-state index in [4.69, 9.17) is 11.5 Å². The van der Waals surface area contributed by atoms with Crippen LogP contribution in [0.5, 0.6) is 0 Å². The molecule has 1 aliphatic rings. The minimum atomic E-state index is -0.222. The van der Waals surface area contributed by atoms with Crippen LogP contribution < -0.4 is 16.8 Å². The molecule has 0 heterocycles. The smallest absolute Gasteiger partial charge is 0.221 e. The lowest BCUT2D eigenvalue weighted by Crippen LogP contribution is -2.41. The predicted molar refractivity (Wildman–Crippen MR) is 61.3 cm³/mol. The van der Waals surface area contributed by atoms with Crippen molar-refractivity contribution in [1.82, 2.24) is 5.32 Å². The second kappa shape index (κ2) is 5.84. The first kappa shape index (κ1) is 13.0. The van der Waals surface area contributed by atoms with Crippen molar-refractivity contribution in [3.05, 3.63) is 0 Å². The van der Waals surface area contributed by atoms with Gasteiger partial charge in [-0.15, -0.1) is 0 Å². The molecule has 92 valence electrons. The molecule has 5 heteroatoms. The largest absolute Gasteiger partial charge is 0.369 e. The van der Waals surface area contributed by atoms with E-state index in [1.165, 1.54) is 0 Å². The number of rotatable bonds is 4. The van der Waals surface area contributed by atoms with Gasteiger partial charge < -0.3 is 16.8 Å². The van der Waals surface area contributed by atoms with Crippen LogP contribution in [0.25, 0.3) is 0 Å². The molecule has 0 radical (unpaired) electrons. The quantitative estimate of drug-likeness (QED) is 0.624. The first-order chi connectivity index (χ1) is 7.49. The Hall–Kier alpha value is -1.10. The Morgan fingerprint density at radius 1 is 1.31 bits per heavy atom. The summed E-state index contributed by atoms with van der Waals surface area (Å²) < 4.78 is 0. The Labute approximate surface area is 95.9 Å². The maximum atomic E-state index is 11.5. The molecule has 1 saturated carbocycles. The summed E-state index contributed by atoms with van der Waals surface area (Å²) in [5.74, 6) is -0.237. The lowest BCUT2D eigenvalue weighted by Gasteiger charge is -2.27. The van der Waals surface area contributed by atoms with Crippen molar-refractivity contribution >= 4 is 11.8 Å². The van der Waals surface area contributed by atoms with Gasteiger partial charge in [-0.05, 0) is 32.6 Å². The number of carbonyl (C=O) groups is 2. The zero-order valence-electron chi connectivity index (χ0n) is 9.74. The summed E-state index contributed by atoms with van der Waals surface area (Å²) >= 11 is 0. The molecule has 16 heavy (non-hydrogen) atoms. The third-order valence-corrected chi connectivity index (χ3v) is 3.00. The minimum absolute atomic E-state index is 0.00229. The van der Waals surface area contributed by atoms with Crippen molar-refractivity contribution in [2.45, 2.75) is 51.1 Å². The van der Waals surface area contributed by atoms with Crippen LogP contribution in [0.3, 0.4) is 0 Å². The molecule has 1 fully saturated rings. The Balaban J connectivity index is 2.26. The summed E-state index contributed by atoms with van der Waals surface area (Å²) in [6.07, 6.45) is 3.57. The molecule has 5 nitrogen and oxygen atoms in total. The number of hydrogen-bond acceptors (Lipinski definition) is 3. The van der Waals surface area contributed by atoms with Crippen LogP contribution in [-0.2, 0) is 9.59 Å². The van der Waals surface area contributed by atoms with Crippen LogP contribution in [0.4, 0.5) is 0 Å². The third kappa shape index (κ3) is 4.18. The monoisotopic (exact) mass is 227 g/mol. The topological polar surface area (TPSA) is 98.2 Å². The number of nitrogens with one attached hydrogen (secondary N) is 1. The molecule has 0 saturated heterocycles. The Kier molecular flexibility index (Phi) is 4.73. The molecule has 1 unspecified atom stereocenters. The second-order valence-electron chi connectivity index (χ2n) is 4.70. The highest BCUT2D eigenvalue weighted by atomic mass is 16.2. The molecule has 1 atom stereocenters. The van der Waals surface area contributed by atoms with Gasteiger partial charge in [-0.25, -0.2) is 0 Å². The average Bonchev–Trinajstić information content (AvgIpc) is 2.16. The fourth-order valence-corrected chi connectivity index (χ4v) is 2.10. The Bertz CT molecular complexity index is 258. The van der Waals surface area contributed by atoms with Gasteiger partial charge in [-0.2, -0.15) is 0 Å². The fraction of sp³-hybridized carbons (Fsp3) is 0.818. The van der Waals surface area contributed by atoms with E-state index in [0.29, 0.717) is 6.42 Å². The van der Waals surface area contributed by atoms with E-state index < -0.39 is 0 Å². The zero-order valence-corrected chi connectivity index (χ0v) is 9.74. The van der Waals surface area contributed by atoms with Gasteiger partial charge in [0.1, 0.15) is 0 Å². The summed E-state index contributed by atoms with van der Waals surface area (Å²) in [4.78, 5) is 22.4. The summed E-state index contributed by atoms with van der Waals surface area (Å²) in [5, 5.41) is 2.94.